The highest BCUT2D eigenvalue weighted by Crippen LogP contribution is 2.49. The van der Waals surface area contributed by atoms with Crippen molar-refractivity contribution < 1.29 is 9.47 Å². The van der Waals surface area contributed by atoms with Crippen molar-refractivity contribution in [3.63, 3.8) is 0 Å². The van der Waals surface area contributed by atoms with Crippen molar-refractivity contribution in [2.45, 2.75) is 122 Å². The Morgan fingerprint density at radius 2 is 1.84 bits per heavy atom. The van der Waals surface area contributed by atoms with Crippen molar-refractivity contribution in [2.24, 2.45) is 5.92 Å². The van der Waals surface area contributed by atoms with Gasteiger partial charge in [-0.25, -0.2) is 15.0 Å². The molecule has 2 aliphatic rings. The normalized spacial score (nSPS) is 23.5. The highest BCUT2D eigenvalue weighted by atomic mass is 16.8. The molecule has 1 saturated carbocycles. The van der Waals surface area contributed by atoms with Gasteiger partial charge in [-0.15, -0.1) is 0 Å². The lowest BCUT2D eigenvalue weighted by molar-refractivity contribution is -0.160. The number of hydrogen-bond acceptors (Lipinski definition) is 7. The van der Waals surface area contributed by atoms with Crippen molar-refractivity contribution in [3.8, 4) is 0 Å². The molecule has 238 valence electrons. The van der Waals surface area contributed by atoms with E-state index in [0.717, 1.165) is 79.5 Å². The van der Waals surface area contributed by atoms with Crippen LogP contribution in [-0.2, 0) is 21.3 Å². The number of aromatic nitrogens is 5. The number of nitrogens with zero attached hydrogens (tertiary/aromatic N) is 5. The molecule has 6 rings (SSSR count). The van der Waals surface area contributed by atoms with Crippen molar-refractivity contribution >= 4 is 27.9 Å². The van der Waals surface area contributed by atoms with Crippen LogP contribution in [0.4, 0.5) is 5.82 Å². The van der Waals surface area contributed by atoms with Crippen LogP contribution in [-0.4, -0.2) is 66.5 Å². The molecule has 4 heterocycles. The monoisotopic (exact) mass is 601 g/mol. The zero-order chi connectivity index (χ0) is 31.2. The summed E-state index contributed by atoms with van der Waals surface area (Å²) in [7, 11) is 0. The molecule has 0 bridgehead atoms. The second kappa shape index (κ2) is 12.1. The first-order valence-electron chi connectivity index (χ1n) is 16.6. The molecule has 1 aliphatic heterocycles. The molecule has 3 aromatic heterocycles. The summed E-state index contributed by atoms with van der Waals surface area (Å²) in [5, 5.41) is 0.897. The lowest BCUT2D eigenvalue weighted by atomic mass is 9.87. The third kappa shape index (κ3) is 6.37. The van der Waals surface area contributed by atoms with Crippen LogP contribution < -0.4 is 5.73 Å². The van der Waals surface area contributed by atoms with Gasteiger partial charge in [-0.1, -0.05) is 26.8 Å². The predicted molar refractivity (Wildman–Crippen MR) is 177 cm³/mol. The number of H-pyrrole nitrogens is 1. The second-order valence-corrected chi connectivity index (χ2v) is 14.7. The third-order valence-electron chi connectivity index (χ3n) is 9.71. The van der Waals surface area contributed by atoms with Gasteiger partial charge >= 0.3 is 0 Å². The minimum Gasteiger partial charge on any atom is -0.383 e. The lowest BCUT2D eigenvalue weighted by Crippen LogP contribution is -2.33. The van der Waals surface area contributed by atoms with Gasteiger partial charge in [0.15, 0.2) is 5.79 Å². The SMILES string of the molecule is CC(C)N(CCCCc1nc2ccc(C(C)(C)C)cc2[nH]1)CCCC1CC(n2ccc3c(N)ncnc32)C2OC(C)(C)OC12. The van der Waals surface area contributed by atoms with E-state index < -0.39 is 5.79 Å². The Balaban J connectivity index is 1.02. The number of hydrogen-bond donors (Lipinski definition) is 2. The molecule has 0 amide bonds. The summed E-state index contributed by atoms with van der Waals surface area (Å²) in [6.07, 6.45) is 10.3. The second-order valence-electron chi connectivity index (χ2n) is 14.7. The fourth-order valence-corrected chi connectivity index (χ4v) is 7.31. The van der Waals surface area contributed by atoms with Gasteiger partial charge in [0.2, 0.25) is 0 Å². The van der Waals surface area contributed by atoms with Crippen LogP contribution in [0.1, 0.15) is 98.0 Å². The van der Waals surface area contributed by atoms with E-state index in [2.05, 4.69) is 83.4 Å². The minimum absolute atomic E-state index is 0.00120. The maximum Gasteiger partial charge on any atom is 0.163 e. The number of benzene rings is 1. The standard InChI is InChI=1S/C35H51N7O2/c1-22(2)41(16-9-8-12-29-39-26-14-13-24(34(3,4)5)20-27(26)40-29)17-10-11-23-19-28(31-30(23)43-35(6,7)44-31)42-18-15-25-32(36)37-21-38-33(25)42/h13-15,18,20-23,28,30-31H,8-12,16-17,19H2,1-7H3,(H,39,40)(H2,36,37,38). The van der Waals surface area contributed by atoms with Crippen LogP contribution in [0, 0.1) is 5.92 Å². The van der Waals surface area contributed by atoms with Crippen LogP contribution in [0.15, 0.2) is 36.8 Å². The van der Waals surface area contributed by atoms with Gasteiger partial charge in [0, 0.05) is 18.7 Å². The first-order chi connectivity index (χ1) is 20.9. The van der Waals surface area contributed by atoms with E-state index in [-0.39, 0.29) is 23.7 Å². The summed E-state index contributed by atoms with van der Waals surface area (Å²) in [5.74, 6) is 1.47. The van der Waals surface area contributed by atoms with Crippen molar-refractivity contribution in [2.75, 3.05) is 18.8 Å². The molecule has 0 spiro atoms. The number of anilines is 1. The summed E-state index contributed by atoms with van der Waals surface area (Å²) in [4.78, 5) is 19.8. The molecule has 3 N–H and O–H groups in total. The first kappa shape index (κ1) is 31.0. The molecule has 4 atom stereocenters. The zero-order valence-corrected chi connectivity index (χ0v) is 27.6. The molecule has 1 aromatic carbocycles. The Morgan fingerprint density at radius 1 is 1.07 bits per heavy atom. The van der Waals surface area contributed by atoms with Gasteiger partial charge in [0.1, 0.15) is 29.7 Å². The molecule has 1 saturated heterocycles. The number of aryl methyl sites for hydroxylation is 1. The van der Waals surface area contributed by atoms with E-state index in [1.54, 1.807) is 6.33 Å². The number of nitrogens with two attached hydrogens (primary N) is 1. The first-order valence-corrected chi connectivity index (χ1v) is 16.6. The van der Waals surface area contributed by atoms with Crippen LogP contribution in [0.25, 0.3) is 22.1 Å². The maximum atomic E-state index is 6.51. The molecule has 44 heavy (non-hydrogen) atoms. The Kier molecular flexibility index (Phi) is 8.50. The fraction of sp³-hybridized carbons (Fsp3) is 0.629. The van der Waals surface area contributed by atoms with E-state index in [1.807, 2.05) is 19.9 Å². The minimum atomic E-state index is -0.581. The molecule has 4 unspecified atom stereocenters. The van der Waals surface area contributed by atoms with Gasteiger partial charge in [-0.2, -0.15) is 0 Å². The van der Waals surface area contributed by atoms with Gasteiger partial charge in [-0.3, -0.25) is 0 Å². The van der Waals surface area contributed by atoms with Crippen LogP contribution >= 0.6 is 0 Å². The number of nitrogens with one attached hydrogen (secondary N) is 1. The number of rotatable bonds is 11. The Hall–Kier alpha value is -3.01. The number of fused-ring (bicyclic) bond motifs is 3. The Bertz CT molecular complexity index is 1580. The van der Waals surface area contributed by atoms with Crippen LogP contribution in [0.5, 0.6) is 0 Å². The highest BCUT2D eigenvalue weighted by molar-refractivity contribution is 5.86. The summed E-state index contributed by atoms with van der Waals surface area (Å²) in [6, 6.07) is 9.32. The largest absolute Gasteiger partial charge is 0.383 e. The molecule has 9 heteroatoms. The van der Waals surface area contributed by atoms with Crippen molar-refractivity contribution in [1.82, 2.24) is 29.4 Å². The van der Waals surface area contributed by atoms with Crippen LogP contribution in [0.2, 0.25) is 0 Å². The quantitative estimate of drug-likeness (QED) is 0.183. The van der Waals surface area contributed by atoms with Gasteiger partial charge in [-0.05, 0) is 108 Å². The van der Waals surface area contributed by atoms with Gasteiger partial charge < -0.3 is 29.7 Å². The molecule has 9 nitrogen and oxygen atoms in total. The van der Waals surface area contributed by atoms with Crippen molar-refractivity contribution in [1.29, 1.82) is 0 Å². The zero-order valence-electron chi connectivity index (χ0n) is 27.6. The Labute approximate surface area is 261 Å². The Morgan fingerprint density at radius 3 is 2.61 bits per heavy atom. The summed E-state index contributed by atoms with van der Waals surface area (Å²) in [5.41, 5.74) is 10.7. The number of aromatic amines is 1. The average molecular weight is 602 g/mol. The number of unbranched alkanes of at least 4 members (excludes halogenated alkanes) is 1. The molecule has 0 radical (unpaired) electrons. The average Bonchev–Trinajstić information content (AvgIpc) is 3.70. The van der Waals surface area contributed by atoms with E-state index in [4.69, 9.17) is 20.2 Å². The summed E-state index contributed by atoms with van der Waals surface area (Å²) in [6.45, 7) is 17.6. The number of ether oxygens (including phenoxy) is 2. The molecular weight excluding hydrogens is 550 g/mol. The fourth-order valence-electron chi connectivity index (χ4n) is 7.31. The smallest absolute Gasteiger partial charge is 0.163 e. The topological polar surface area (TPSA) is 107 Å². The lowest BCUT2D eigenvalue weighted by Gasteiger charge is -2.28. The predicted octanol–water partition coefficient (Wildman–Crippen LogP) is 6.78. The van der Waals surface area contributed by atoms with E-state index in [9.17, 15) is 0 Å². The molecular formula is C35H51N7O2. The molecule has 2 fully saturated rings. The van der Waals surface area contributed by atoms with E-state index in [1.165, 1.54) is 5.56 Å². The van der Waals surface area contributed by atoms with Crippen LogP contribution in [0.3, 0.4) is 0 Å². The number of imidazole rings is 1. The molecule has 1 aliphatic carbocycles. The summed E-state index contributed by atoms with van der Waals surface area (Å²) < 4.78 is 15.2. The maximum absolute atomic E-state index is 6.51. The molecule has 4 aromatic rings. The summed E-state index contributed by atoms with van der Waals surface area (Å²) >= 11 is 0. The highest BCUT2D eigenvalue weighted by Gasteiger charge is 2.54. The van der Waals surface area contributed by atoms with Gasteiger partial charge in [0.05, 0.1) is 28.6 Å². The third-order valence-corrected chi connectivity index (χ3v) is 9.71. The van der Waals surface area contributed by atoms with Crippen molar-refractivity contribution in [3.05, 3.63) is 48.2 Å². The van der Waals surface area contributed by atoms with Gasteiger partial charge in [0.25, 0.3) is 0 Å². The number of nitrogen functional groups attached to an aromatic ring is 1. The van der Waals surface area contributed by atoms with E-state index >= 15 is 0 Å². The van der Waals surface area contributed by atoms with E-state index in [0.29, 0.717) is 17.8 Å².